The molecule has 2 unspecified atom stereocenters. The van der Waals surface area contributed by atoms with Crippen LogP contribution < -0.4 is 5.32 Å². The number of carbonyl (C=O) groups excluding carboxylic acids is 1. The molecule has 7 nitrogen and oxygen atoms in total. The first-order chi connectivity index (χ1) is 13.1. The highest BCUT2D eigenvalue weighted by atomic mass is 19.1. The van der Waals surface area contributed by atoms with Crippen molar-refractivity contribution in [2.45, 2.75) is 25.8 Å². The molecule has 0 aromatic carbocycles. The molecule has 3 aromatic heterocycles. The summed E-state index contributed by atoms with van der Waals surface area (Å²) in [6.45, 7) is 3.46. The van der Waals surface area contributed by atoms with E-state index in [0.717, 1.165) is 29.1 Å². The molecule has 2 N–H and O–H groups in total. The van der Waals surface area contributed by atoms with Crippen molar-refractivity contribution < 1.29 is 9.18 Å². The summed E-state index contributed by atoms with van der Waals surface area (Å²) in [4.78, 5) is 29.6. The van der Waals surface area contributed by atoms with E-state index in [4.69, 9.17) is 0 Å². The van der Waals surface area contributed by atoms with Crippen LogP contribution in [0.1, 0.15) is 18.9 Å². The van der Waals surface area contributed by atoms with Gasteiger partial charge in [-0.1, -0.05) is 6.92 Å². The average molecular weight is 368 g/mol. The fourth-order valence-corrected chi connectivity index (χ4v) is 3.62. The van der Waals surface area contributed by atoms with Crippen LogP contribution in [0.4, 0.5) is 10.2 Å². The summed E-state index contributed by atoms with van der Waals surface area (Å²) >= 11 is 0. The fraction of sp³-hybridized carbons (Fsp3) is 0.368. The molecule has 4 heterocycles. The molecule has 0 aliphatic carbocycles. The number of hydrogen-bond acceptors (Lipinski definition) is 5. The summed E-state index contributed by atoms with van der Waals surface area (Å²) in [6.07, 6.45) is 9.06. The van der Waals surface area contributed by atoms with Gasteiger partial charge in [0.2, 0.25) is 11.9 Å². The number of amides is 1. The first-order valence-corrected chi connectivity index (χ1v) is 9.02. The number of aromatic amines is 1. The number of pyridine rings is 1. The molecule has 1 aliphatic rings. The lowest BCUT2D eigenvalue weighted by atomic mass is 9.93. The molecule has 8 heteroatoms. The molecule has 1 saturated heterocycles. The summed E-state index contributed by atoms with van der Waals surface area (Å²) in [5.41, 5.74) is 1.93. The molecule has 3 aromatic rings. The Hall–Kier alpha value is -3.03. The summed E-state index contributed by atoms with van der Waals surface area (Å²) in [6, 6.07) is 2.10. The van der Waals surface area contributed by atoms with Crippen LogP contribution in [-0.4, -0.2) is 49.9 Å². The zero-order valence-corrected chi connectivity index (χ0v) is 15.0. The lowest BCUT2D eigenvalue weighted by Crippen LogP contribution is -2.48. The normalized spacial score (nSPS) is 20.0. The second-order valence-corrected chi connectivity index (χ2v) is 6.99. The van der Waals surface area contributed by atoms with Gasteiger partial charge in [0.15, 0.2) is 0 Å². The van der Waals surface area contributed by atoms with Gasteiger partial charge in [-0.05, 0) is 24.0 Å². The number of rotatable bonds is 4. The van der Waals surface area contributed by atoms with Crippen LogP contribution in [-0.2, 0) is 11.2 Å². The Kier molecular flexibility index (Phi) is 4.70. The van der Waals surface area contributed by atoms with Gasteiger partial charge in [-0.25, -0.2) is 9.97 Å². The molecule has 0 saturated carbocycles. The number of anilines is 1. The first kappa shape index (κ1) is 17.4. The minimum atomic E-state index is -0.595. The van der Waals surface area contributed by atoms with Gasteiger partial charge in [-0.15, -0.1) is 0 Å². The van der Waals surface area contributed by atoms with E-state index in [9.17, 15) is 9.18 Å². The standard InChI is InChI=1S/C19H21FN6O/c1-12-11-26(5-3-15(12)25-18-10-23-17(20)9-24-18)19(27)6-13-7-22-16-8-21-4-2-14(13)16/h2,4,7-10,12,15,22H,3,5-6,11H2,1H3,(H,24,25). The molecule has 140 valence electrons. The third kappa shape index (κ3) is 3.74. The number of hydrogen-bond donors (Lipinski definition) is 2. The molecule has 1 aliphatic heterocycles. The van der Waals surface area contributed by atoms with Gasteiger partial charge in [0.1, 0.15) is 5.82 Å². The number of piperidine rings is 1. The van der Waals surface area contributed by atoms with Gasteiger partial charge in [-0.3, -0.25) is 9.78 Å². The van der Waals surface area contributed by atoms with E-state index in [1.165, 1.54) is 6.20 Å². The predicted octanol–water partition coefficient (Wildman–Crippen LogP) is 2.38. The fourth-order valence-electron chi connectivity index (χ4n) is 3.62. The smallest absolute Gasteiger partial charge is 0.231 e. The number of aromatic nitrogens is 4. The molecule has 4 rings (SSSR count). The van der Waals surface area contributed by atoms with Crippen molar-refractivity contribution in [1.29, 1.82) is 0 Å². The second-order valence-electron chi connectivity index (χ2n) is 6.99. The Morgan fingerprint density at radius 3 is 3.04 bits per heavy atom. The summed E-state index contributed by atoms with van der Waals surface area (Å²) in [5, 5.41) is 4.34. The number of carbonyl (C=O) groups is 1. The average Bonchev–Trinajstić information content (AvgIpc) is 3.08. The molecule has 0 spiro atoms. The van der Waals surface area contributed by atoms with Crippen molar-refractivity contribution in [1.82, 2.24) is 24.8 Å². The zero-order chi connectivity index (χ0) is 18.8. The van der Waals surface area contributed by atoms with E-state index in [1.54, 1.807) is 12.4 Å². The Morgan fingerprint density at radius 2 is 2.26 bits per heavy atom. The third-order valence-corrected chi connectivity index (χ3v) is 5.12. The van der Waals surface area contributed by atoms with E-state index < -0.39 is 5.95 Å². The van der Waals surface area contributed by atoms with E-state index >= 15 is 0 Å². The largest absolute Gasteiger partial charge is 0.366 e. The summed E-state index contributed by atoms with van der Waals surface area (Å²) in [5.74, 6) is 0.337. The van der Waals surface area contributed by atoms with Gasteiger partial charge in [0.25, 0.3) is 0 Å². The van der Waals surface area contributed by atoms with Gasteiger partial charge in [0, 0.05) is 36.9 Å². The van der Waals surface area contributed by atoms with Crippen molar-refractivity contribution in [3.05, 3.63) is 48.6 Å². The SMILES string of the molecule is CC1CN(C(=O)Cc2c[nH]c3cnccc23)CCC1Nc1cnc(F)cn1. The zero-order valence-electron chi connectivity index (χ0n) is 15.0. The number of halogens is 1. The molecule has 1 amide bonds. The monoisotopic (exact) mass is 368 g/mol. The number of likely N-dealkylation sites (tertiary alicyclic amines) is 1. The Labute approximate surface area is 156 Å². The lowest BCUT2D eigenvalue weighted by molar-refractivity contribution is -0.132. The lowest BCUT2D eigenvalue weighted by Gasteiger charge is -2.37. The van der Waals surface area contributed by atoms with E-state index in [2.05, 4.69) is 32.2 Å². The maximum absolute atomic E-state index is 12.9. The van der Waals surface area contributed by atoms with Crippen LogP contribution >= 0.6 is 0 Å². The Bertz CT molecular complexity index is 941. The third-order valence-electron chi connectivity index (χ3n) is 5.12. The van der Waals surface area contributed by atoms with Crippen molar-refractivity contribution in [2.75, 3.05) is 18.4 Å². The molecule has 1 fully saturated rings. The maximum Gasteiger partial charge on any atom is 0.231 e. The van der Waals surface area contributed by atoms with Crippen molar-refractivity contribution in [3.63, 3.8) is 0 Å². The summed E-state index contributed by atoms with van der Waals surface area (Å²) in [7, 11) is 0. The quantitative estimate of drug-likeness (QED) is 0.738. The minimum absolute atomic E-state index is 0.125. The van der Waals surface area contributed by atoms with Crippen molar-refractivity contribution >= 4 is 22.6 Å². The predicted molar refractivity (Wildman–Crippen MR) is 99.6 cm³/mol. The number of H-pyrrole nitrogens is 1. The molecular weight excluding hydrogens is 347 g/mol. The minimum Gasteiger partial charge on any atom is -0.366 e. The first-order valence-electron chi connectivity index (χ1n) is 9.02. The highest BCUT2D eigenvalue weighted by Gasteiger charge is 2.29. The molecule has 0 bridgehead atoms. The molecular formula is C19H21FN6O. The maximum atomic E-state index is 12.9. The molecule has 27 heavy (non-hydrogen) atoms. The van der Waals surface area contributed by atoms with Gasteiger partial charge >= 0.3 is 0 Å². The van der Waals surface area contributed by atoms with Crippen LogP contribution in [0, 0.1) is 11.9 Å². The number of fused-ring (bicyclic) bond motifs is 1. The van der Waals surface area contributed by atoms with E-state index in [0.29, 0.717) is 25.3 Å². The van der Waals surface area contributed by atoms with Crippen LogP contribution in [0.2, 0.25) is 0 Å². The van der Waals surface area contributed by atoms with Crippen molar-refractivity contribution in [2.24, 2.45) is 5.92 Å². The highest BCUT2D eigenvalue weighted by molar-refractivity contribution is 5.88. The van der Waals surface area contributed by atoms with Crippen LogP contribution in [0.15, 0.2) is 37.1 Å². The Balaban J connectivity index is 1.37. The van der Waals surface area contributed by atoms with E-state index in [1.807, 2.05) is 17.2 Å². The number of nitrogens with zero attached hydrogens (tertiary/aromatic N) is 4. The molecule has 2 atom stereocenters. The van der Waals surface area contributed by atoms with Crippen molar-refractivity contribution in [3.8, 4) is 0 Å². The summed E-state index contributed by atoms with van der Waals surface area (Å²) < 4.78 is 12.9. The van der Waals surface area contributed by atoms with Crippen LogP contribution in [0.3, 0.4) is 0 Å². The van der Waals surface area contributed by atoms with Gasteiger partial charge in [-0.2, -0.15) is 4.39 Å². The highest BCUT2D eigenvalue weighted by Crippen LogP contribution is 2.22. The van der Waals surface area contributed by atoms with Crippen LogP contribution in [0.25, 0.3) is 10.9 Å². The Morgan fingerprint density at radius 1 is 1.37 bits per heavy atom. The molecule has 0 radical (unpaired) electrons. The van der Waals surface area contributed by atoms with Crippen LogP contribution in [0.5, 0.6) is 0 Å². The number of nitrogens with one attached hydrogen (secondary N) is 2. The van der Waals surface area contributed by atoms with Gasteiger partial charge in [0.05, 0.1) is 30.5 Å². The second kappa shape index (κ2) is 7.30. The topological polar surface area (TPSA) is 86.8 Å². The van der Waals surface area contributed by atoms with Gasteiger partial charge < -0.3 is 15.2 Å². The van der Waals surface area contributed by atoms with E-state index in [-0.39, 0.29) is 17.9 Å².